The number of hydrogen-bond donors (Lipinski definition) is 3. The number of nitrogens with one attached hydrogen (secondary N) is 2. The van der Waals surface area contributed by atoms with Gasteiger partial charge in [-0.15, -0.1) is 0 Å². The Labute approximate surface area is 193 Å². The molecular formula is C24H30N4O5. The van der Waals surface area contributed by atoms with E-state index in [4.69, 9.17) is 4.74 Å². The summed E-state index contributed by atoms with van der Waals surface area (Å²) < 4.78 is 5.79. The molecule has 0 spiro atoms. The first kappa shape index (κ1) is 24.2. The summed E-state index contributed by atoms with van der Waals surface area (Å²) in [6, 6.07) is 12.9. The van der Waals surface area contributed by atoms with Crippen molar-refractivity contribution in [1.82, 2.24) is 20.5 Å². The minimum absolute atomic E-state index is 0.188. The maximum atomic E-state index is 12.8. The Kier molecular flexibility index (Phi) is 8.00. The molecule has 1 aliphatic heterocycles. The van der Waals surface area contributed by atoms with E-state index in [1.807, 2.05) is 37.3 Å². The molecule has 3 rings (SSSR count). The zero-order valence-electron chi connectivity index (χ0n) is 19.0. The Hall–Kier alpha value is -3.46. The Balaban J connectivity index is 1.62. The summed E-state index contributed by atoms with van der Waals surface area (Å²) >= 11 is 0. The zero-order chi connectivity index (χ0) is 23.8. The van der Waals surface area contributed by atoms with Crippen LogP contribution in [0.3, 0.4) is 0 Å². The number of ether oxygens (including phenoxy) is 1. The number of benzene rings is 1. The van der Waals surface area contributed by atoms with Crippen molar-refractivity contribution >= 4 is 17.9 Å². The van der Waals surface area contributed by atoms with Crippen LogP contribution in [0.1, 0.15) is 51.9 Å². The molecule has 33 heavy (non-hydrogen) atoms. The van der Waals surface area contributed by atoms with Gasteiger partial charge in [0.05, 0.1) is 18.8 Å². The van der Waals surface area contributed by atoms with Gasteiger partial charge in [0.15, 0.2) is 0 Å². The number of carbonyl (C=O) groups excluding carboxylic acids is 2. The van der Waals surface area contributed by atoms with Crippen molar-refractivity contribution in [2.45, 2.75) is 31.8 Å². The smallest absolute Gasteiger partial charge is 0.407 e. The summed E-state index contributed by atoms with van der Waals surface area (Å²) in [6.07, 6.45) is 0.784. The van der Waals surface area contributed by atoms with Crippen LogP contribution in [-0.4, -0.2) is 71.8 Å². The van der Waals surface area contributed by atoms with Crippen LogP contribution in [0.5, 0.6) is 0 Å². The molecule has 1 unspecified atom stereocenters. The standard InChI is InChI=1S/C24H30N4O5/c1-24(16-28(23(31)32)11-12-33-24)9-6-10-26-21(29)18-14-19(13-17-7-4-3-5-8-17)27-20(15-18)22(30)25-2/h3-5,7-8,14-15H,6,9-13,16H2,1-2H3,(H,25,30)(H,26,29)(H,31,32). The lowest BCUT2D eigenvalue weighted by Gasteiger charge is -2.39. The van der Waals surface area contributed by atoms with E-state index >= 15 is 0 Å². The van der Waals surface area contributed by atoms with E-state index in [-0.39, 0.29) is 17.5 Å². The number of aromatic nitrogens is 1. The summed E-state index contributed by atoms with van der Waals surface area (Å²) in [5.41, 5.74) is 1.64. The van der Waals surface area contributed by atoms with Crippen LogP contribution in [0.15, 0.2) is 42.5 Å². The van der Waals surface area contributed by atoms with Gasteiger partial charge in [0.1, 0.15) is 5.69 Å². The van der Waals surface area contributed by atoms with Crippen molar-refractivity contribution < 1.29 is 24.2 Å². The molecule has 1 saturated heterocycles. The fraction of sp³-hybridized carbons (Fsp3) is 0.417. The summed E-state index contributed by atoms with van der Waals surface area (Å²) in [6.45, 7) is 3.31. The van der Waals surface area contributed by atoms with Crippen molar-refractivity contribution in [1.29, 1.82) is 0 Å². The largest absolute Gasteiger partial charge is 0.465 e. The van der Waals surface area contributed by atoms with Crippen molar-refractivity contribution in [2.75, 3.05) is 33.3 Å². The molecule has 3 N–H and O–H groups in total. The van der Waals surface area contributed by atoms with Crippen LogP contribution in [0.2, 0.25) is 0 Å². The van der Waals surface area contributed by atoms with Gasteiger partial charge < -0.3 is 25.4 Å². The number of amides is 3. The summed E-state index contributed by atoms with van der Waals surface area (Å²) in [5.74, 6) is -0.650. The molecule has 9 nitrogen and oxygen atoms in total. The fourth-order valence-corrected chi connectivity index (χ4v) is 3.87. The average molecular weight is 455 g/mol. The van der Waals surface area contributed by atoms with Crippen LogP contribution in [0.4, 0.5) is 4.79 Å². The number of morpholine rings is 1. The maximum absolute atomic E-state index is 12.8. The number of carboxylic acid groups (broad SMARTS) is 1. The first-order chi connectivity index (χ1) is 15.8. The molecule has 2 aromatic rings. The first-order valence-corrected chi connectivity index (χ1v) is 11.0. The second-order valence-corrected chi connectivity index (χ2v) is 8.34. The van der Waals surface area contributed by atoms with Crippen LogP contribution in [0.25, 0.3) is 0 Å². The number of hydrogen-bond acceptors (Lipinski definition) is 5. The fourth-order valence-electron chi connectivity index (χ4n) is 3.87. The third-order valence-corrected chi connectivity index (χ3v) is 5.60. The van der Waals surface area contributed by atoms with Crippen LogP contribution >= 0.6 is 0 Å². The quantitative estimate of drug-likeness (QED) is 0.527. The Bertz CT molecular complexity index is 998. The van der Waals surface area contributed by atoms with E-state index in [1.165, 1.54) is 18.0 Å². The second-order valence-electron chi connectivity index (χ2n) is 8.34. The lowest BCUT2D eigenvalue weighted by atomic mass is 9.97. The van der Waals surface area contributed by atoms with Crippen molar-refractivity contribution in [3.8, 4) is 0 Å². The minimum Gasteiger partial charge on any atom is -0.465 e. The number of carbonyl (C=O) groups is 3. The molecule has 0 saturated carbocycles. The summed E-state index contributed by atoms with van der Waals surface area (Å²) in [5, 5.41) is 14.6. The molecule has 1 aliphatic rings. The molecule has 176 valence electrons. The van der Waals surface area contributed by atoms with Crippen molar-refractivity contribution in [3.63, 3.8) is 0 Å². The Morgan fingerprint density at radius 1 is 1.18 bits per heavy atom. The zero-order valence-corrected chi connectivity index (χ0v) is 19.0. The van der Waals surface area contributed by atoms with Gasteiger partial charge in [-0.2, -0.15) is 0 Å². The molecular weight excluding hydrogens is 424 g/mol. The second kappa shape index (κ2) is 10.9. The monoisotopic (exact) mass is 454 g/mol. The van der Waals surface area contributed by atoms with Crippen LogP contribution < -0.4 is 10.6 Å². The third kappa shape index (κ3) is 6.76. The van der Waals surface area contributed by atoms with E-state index in [0.29, 0.717) is 56.8 Å². The molecule has 0 bridgehead atoms. The van der Waals surface area contributed by atoms with Gasteiger partial charge in [0.25, 0.3) is 11.8 Å². The predicted octanol–water partition coefficient (Wildman–Crippen LogP) is 2.31. The molecule has 1 fully saturated rings. The molecule has 1 aromatic carbocycles. The highest BCUT2D eigenvalue weighted by atomic mass is 16.5. The van der Waals surface area contributed by atoms with Gasteiger partial charge in [-0.1, -0.05) is 30.3 Å². The molecule has 2 heterocycles. The van der Waals surface area contributed by atoms with Crippen molar-refractivity contribution in [3.05, 3.63) is 65.0 Å². The molecule has 1 aromatic heterocycles. The van der Waals surface area contributed by atoms with E-state index in [0.717, 1.165) is 5.56 Å². The summed E-state index contributed by atoms with van der Waals surface area (Å²) in [4.78, 5) is 42.0. The average Bonchev–Trinajstić information content (AvgIpc) is 2.81. The van der Waals surface area contributed by atoms with Gasteiger partial charge in [0, 0.05) is 37.8 Å². The lowest BCUT2D eigenvalue weighted by Crippen LogP contribution is -2.52. The maximum Gasteiger partial charge on any atom is 0.407 e. The number of rotatable bonds is 8. The highest BCUT2D eigenvalue weighted by molar-refractivity contribution is 5.98. The topological polar surface area (TPSA) is 121 Å². The Morgan fingerprint density at radius 2 is 1.94 bits per heavy atom. The lowest BCUT2D eigenvalue weighted by molar-refractivity contribution is -0.0949. The van der Waals surface area contributed by atoms with E-state index in [2.05, 4.69) is 15.6 Å². The van der Waals surface area contributed by atoms with E-state index < -0.39 is 11.7 Å². The normalized spacial score (nSPS) is 17.9. The minimum atomic E-state index is -0.950. The predicted molar refractivity (Wildman–Crippen MR) is 122 cm³/mol. The molecule has 3 amide bonds. The van der Waals surface area contributed by atoms with Gasteiger partial charge in [-0.05, 0) is 37.5 Å². The van der Waals surface area contributed by atoms with Crippen LogP contribution in [-0.2, 0) is 11.2 Å². The molecule has 0 aliphatic carbocycles. The van der Waals surface area contributed by atoms with Gasteiger partial charge in [-0.25, -0.2) is 9.78 Å². The molecule has 9 heteroatoms. The van der Waals surface area contributed by atoms with E-state index in [9.17, 15) is 19.5 Å². The molecule has 0 radical (unpaired) electrons. The number of nitrogens with zero attached hydrogens (tertiary/aromatic N) is 2. The first-order valence-electron chi connectivity index (χ1n) is 11.0. The third-order valence-electron chi connectivity index (χ3n) is 5.60. The van der Waals surface area contributed by atoms with Gasteiger partial charge >= 0.3 is 6.09 Å². The Morgan fingerprint density at radius 3 is 2.64 bits per heavy atom. The van der Waals surface area contributed by atoms with E-state index in [1.54, 1.807) is 6.07 Å². The number of pyridine rings is 1. The van der Waals surface area contributed by atoms with Crippen LogP contribution in [0, 0.1) is 0 Å². The van der Waals surface area contributed by atoms with Gasteiger partial charge in [0.2, 0.25) is 0 Å². The summed E-state index contributed by atoms with van der Waals surface area (Å²) in [7, 11) is 1.52. The highest BCUT2D eigenvalue weighted by Crippen LogP contribution is 2.23. The van der Waals surface area contributed by atoms with Gasteiger partial charge in [-0.3, -0.25) is 9.59 Å². The SMILES string of the molecule is CNC(=O)c1cc(C(=O)NCCCC2(C)CN(C(=O)O)CCO2)cc(Cc2ccccc2)n1. The molecule has 1 atom stereocenters. The highest BCUT2D eigenvalue weighted by Gasteiger charge is 2.33. The van der Waals surface area contributed by atoms with Crippen molar-refractivity contribution in [2.24, 2.45) is 0 Å².